The molecule has 11 nitrogen and oxygen atoms in total. The maximum absolute atomic E-state index is 12.8. The summed E-state index contributed by atoms with van der Waals surface area (Å²) in [7, 11) is 3.74. The van der Waals surface area contributed by atoms with Crippen molar-refractivity contribution in [1.82, 2.24) is 29.7 Å². The Hall–Kier alpha value is -2.89. The minimum Gasteiger partial charge on any atom is -0.481 e. The Kier molecular flexibility index (Phi) is 8.77. The Labute approximate surface area is 247 Å². The van der Waals surface area contributed by atoms with Crippen molar-refractivity contribution in [3.05, 3.63) is 34.1 Å². The highest BCUT2D eigenvalue weighted by Gasteiger charge is 2.35. The summed E-state index contributed by atoms with van der Waals surface area (Å²) >= 11 is 6.49. The number of pyridine rings is 1. The van der Waals surface area contributed by atoms with E-state index >= 15 is 0 Å². The quantitative estimate of drug-likeness (QED) is 0.473. The lowest BCUT2D eigenvalue weighted by Crippen LogP contribution is -2.55. The second-order valence-corrected chi connectivity index (χ2v) is 12.6. The zero-order valence-electron chi connectivity index (χ0n) is 25.0. The van der Waals surface area contributed by atoms with Crippen LogP contribution in [0.2, 0.25) is 5.02 Å². The van der Waals surface area contributed by atoms with Crippen molar-refractivity contribution in [2.75, 3.05) is 51.8 Å². The van der Waals surface area contributed by atoms with E-state index in [4.69, 9.17) is 35.8 Å². The van der Waals surface area contributed by atoms with Crippen LogP contribution in [0.25, 0.3) is 0 Å². The Morgan fingerprint density at radius 1 is 1.12 bits per heavy atom. The van der Waals surface area contributed by atoms with Gasteiger partial charge in [0.15, 0.2) is 0 Å². The highest BCUT2D eigenvalue weighted by Crippen LogP contribution is 2.34. The molecule has 0 N–H and O–H groups in total. The fraction of sp³-hybridized carbons (Fsp3) is 0.655. The van der Waals surface area contributed by atoms with Crippen LogP contribution in [0.4, 0.5) is 10.6 Å². The second kappa shape index (κ2) is 12.1. The number of anilines is 1. The van der Waals surface area contributed by atoms with Gasteiger partial charge in [-0.25, -0.2) is 9.78 Å². The molecule has 1 amide bonds. The number of aromatic nitrogens is 3. The summed E-state index contributed by atoms with van der Waals surface area (Å²) in [6.45, 7) is 13.0. The molecule has 224 valence electrons. The molecule has 2 fully saturated rings. The van der Waals surface area contributed by atoms with Gasteiger partial charge in [-0.3, -0.25) is 4.90 Å². The van der Waals surface area contributed by atoms with Gasteiger partial charge in [0.05, 0.1) is 23.5 Å². The fourth-order valence-corrected chi connectivity index (χ4v) is 5.88. The lowest BCUT2D eigenvalue weighted by molar-refractivity contribution is 0.0218. The zero-order chi connectivity index (χ0) is 29.3. The van der Waals surface area contributed by atoms with Gasteiger partial charge in [0.25, 0.3) is 0 Å². The SMILES string of the molecule is COc1ccc(Cl)c(CN2Cc3nc(OC[C@@H]4CCCN4C)nc(N4CCN(C(=O)OC(C)(C)C)C[C@@H]4C)c3C2)n1. The van der Waals surface area contributed by atoms with Crippen LogP contribution in [0, 0.1) is 0 Å². The lowest BCUT2D eigenvalue weighted by atomic mass is 10.1. The van der Waals surface area contributed by atoms with Gasteiger partial charge in [-0.05, 0) is 60.2 Å². The molecule has 3 aliphatic heterocycles. The number of halogens is 1. The van der Waals surface area contributed by atoms with E-state index in [0.717, 1.165) is 35.7 Å². The van der Waals surface area contributed by atoms with E-state index in [1.807, 2.05) is 26.8 Å². The Balaban J connectivity index is 1.37. The van der Waals surface area contributed by atoms with Crippen LogP contribution < -0.4 is 14.4 Å². The highest BCUT2D eigenvalue weighted by molar-refractivity contribution is 6.31. The molecule has 5 heterocycles. The number of methoxy groups -OCH3 is 1. The van der Waals surface area contributed by atoms with Crippen LogP contribution >= 0.6 is 11.6 Å². The van der Waals surface area contributed by atoms with Crippen LogP contribution in [0.5, 0.6) is 11.9 Å². The summed E-state index contributed by atoms with van der Waals surface area (Å²) in [5.74, 6) is 1.40. The Morgan fingerprint density at radius 3 is 2.61 bits per heavy atom. The van der Waals surface area contributed by atoms with Gasteiger partial charge in [-0.1, -0.05) is 11.6 Å². The monoisotopic (exact) mass is 587 g/mol. The molecular formula is C29H42ClN7O4. The van der Waals surface area contributed by atoms with Crippen molar-refractivity contribution < 1.29 is 19.0 Å². The predicted octanol–water partition coefficient (Wildman–Crippen LogP) is 3.97. The molecule has 0 unspecified atom stereocenters. The van der Waals surface area contributed by atoms with Gasteiger partial charge in [-0.2, -0.15) is 9.97 Å². The van der Waals surface area contributed by atoms with Gasteiger partial charge in [0, 0.05) is 63.0 Å². The third kappa shape index (κ3) is 6.95. The Bertz CT molecular complexity index is 1260. The first-order valence-electron chi connectivity index (χ1n) is 14.4. The first-order chi connectivity index (χ1) is 19.5. The van der Waals surface area contributed by atoms with Gasteiger partial charge in [-0.15, -0.1) is 0 Å². The van der Waals surface area contributed by atoms with Crippen LogP contribution in [-0.2, 0) is 24.4 Å². The van der Waals surface area contributed by atoms with Gasteiger partial charge in [0.2, 0.25) is 5.88 Å². The Morgan fingerprint density at radius 2 is 1.93 bits per heavy atom. The third-order valence-electron chi connectivity index (χ3n) is 7.91. The molecule has 12 heteroatoms. The van der Waals surface area contributed by atoms with E-state index in [1.165, 1.54) is 6.42 Å². The summed E-state index contributed by atoms with van der Waals surface area (Å²) in [6.07, 6.45) is 2.01. The topological polar surface area (TPSA) is 96.4 Å². The molecule has 5 rings (SSSR count). The zero-order valence-corrected chi connectivity index (χ0v) is 25.8. The largest absolute Gasteiger partial charge is 0.481 e. The molecule has 0 spiro atoms. The normalized spacial score (nSPS) is 21.7. The first kappa shape index (κ1) is 29.6. The fourth-order valence-electron chi connectivity index (χ4n) is 5.72. The van der Waals surface area contributed by atoms with Crippen LogP contribution in [0.15, 0.2) is 12.1 Å². The van der Waals surface area contributed by atoms with E-state index in [0.29, 0.717) is 68.8 Å². The molecule has 0 bridgehead atoms. The number of carbonyl (C=O) groups excluding carboxylic acids is 1. The molecule has 2 aromatic rings. The second-order valence-electron chi connectivity index (χ2n) is 12.2. The summed E-state index contributed by atoms with van der Waals surface area (Å²) in [6, 6.07) is 4.38. The molecule has 41 heavy (non-hydrogen) atoms. The average Bonchev–Trinajstić information content (AvgIpc) is 3.52. The predicted molar refractivity (Wildman–Crippen MR) is 157 cm³/mol. The van der Waals surface area contributed by atoms with E-state index in [-0.39, 0.29) is 12.1 Å². The van der Waals surface area contributed by atoms with E-state index in [2.05, 4.69) is 33.7 Å². The number of piperazine rings is 1. The molecule has 2 atom stereocenters. The van der Waals surface area contributed by atoms with Crippen molar-refractivity contribution in [2.24, 2.45) is 0 Å². The van der Waals surface area contributed by atoms with Crippen molar-refractivity contribution in [3.8, 4) is 11.9 Å². The number of rotatable bonds is 7. The van der Waals surface area contributed by atoms with Crippen molar-refractivity contribution in [1.29, 1.82) is 0 Å². The molecule has 3 aliphatic rings. The summed E-state index contributed by atoms with van der Waals surface area (Å²) in [4.78, 5) is 35.8. The number of fused-ring (bicyclic) bond motifs is 1. The maximum Gasteiger partial charge on any atom is 0.410 e. The summed E-state index contributed by atoms with van der Waals surface area (Å²) < 4.78 is 17.2. The molecule has 0 saturated carbocycles. The van der Waals surface area contributed by atoms with Crippen LogP contribution in [-0.4, -0.2) is 100 Å². The molecule has 2 aromatic heterocycles. The molecular weight excluding hydrogens is 546 g/mol. The number of likely N-dealkylation sites (N-methyl/N-ethyl adjacent to an activating group) is 1. The number of hydrogen-bond acceptors (Lipinski definition) is 10. The van der Waals surface area contributed by atoms with Gasteiger partial charge in [0.1, 0.15) is 18.0 Å². The average molecular weight is 588 g/mol. The maximum atomic E-state index is 12.8. The van der Waals surface area contributed by atoms with Crippen LogP contribution in [0.1, 0.15) is 57.5 Å². The third-order valence-corrected chi connectivity index (χ3v) is 8.25. The molecule has 2 saturated heterocycles. The summed E-state index contributed by atoms with van der Waals surface area (Å²) in [5, 5.41) is 0.602. The molecule has 0 aromatic carbocycles. The minimum atomic E-state index is -0.533. The van der Waals surface area contributed by atoms with E-state index < -0.39 is 5.60 Å². The molecule has 0 aliphatic carbocycles. The standard InChI is InChI=1S/C29H42ClN7O4/c1-19-14-36(28(38)41-29(2,3)4)12-13-37(19)26-21-15-35(17-24-22(30)9-10-25(31-24)39-6)16-23(21)32-27(33-26)40-18-20-8-7-11-34(20)5/h9-10,19-20H,7-8,11-18H2,1-6H3/t19-,20-/m0/s1. The van der Waals surface area contributed by atoms with E-state index in [9.17, 15) is 4.79 Å². The van der Waals surface area contributed by atoms with Crippen molar-refractivity contribution in [3.63, 3.8) is 0 Å². The number of likely N-dealkylation sites (tertiary alicyclic amines) is 1. The van der Waals surface area contributed by atoms with Crippen molar-refractivity contribution in [2.45, 2.75) is 77.9 Å². The number of amides is 1. The first-order valence-corrected chi connectivity index (χ1v) is 14.8. The molecule has 0 radical (unpaired) electrons. The number of nitrogens with zero attached hydrogens (tertiary/aromatic N) is 7. The lowest BCUT2D eigenvalue weighted by Gasteiger charge is -2.41. The minimum absolute atomic E-state index is 0.0348. The number of carbonyl (C=O) groups is 1. The highest BCUT2D eigenvalue weighted by atomic mass is 35.5. The van der Waals surface area contributed by atoms with E-state index in [1.54, 1.807) is 18.1 Å². The van der Waals surface area contributed by atoms with Gasteiger partial charge >= 0.3 is 12.1 Å². The summed E-state index contributed by atoms with van der Waals surface area (Å²) in [5.41, 5.74) is 2.25. The van der Waals surface area contributed by atoms with Gasteiger partial charge < -0.3 is 28.9 Å². The smallest absolute Gasteiger partial charge is 0.410 e. The van der Waals surface area contributed by atoms with Crippen LogP contribution in [0.3, 0.4) is 0 Å². The number of ether oxygens (including phenoxy) is 3. The number of hydrogen-bond donors (Lipinski definition) is 0. The van der Waals surface area contributed by atoms with Crippen molar-refractivity contribution >= 4 is 23.5 Å².